The van der Waals surface area contributed by atoms with E-state index in [9.17, 15) is 9.59 Å². The summed E-state index contributed by atoms with van der Waals surface area (Å²) in [5.74, 6) is -0.907. The highest BCUT2D eigenvalue weighted by molar-refractivity contribution is 5.87. The van der Waals surface area contributed by atoms with Crippen LogP contribution in [0.1, 0.15) is 15.9 Å². The number of nitrogens with zero attached hydrogens (tertiary/aromatic N) is 2. The Kier molecular flexibility index (Phi) is 5.13. The Morgan fingerprint density at radius 2 is 2.08 bits per heavy atom. The number of hydrogen-bond acceptors (Lipinski definition) is 5. The number of carbonyl (C=O) groups is 2. The molecule has 0 aromatic heterocycles. The molecule has 0 radical (unpaired) electrons. The average Bonchev–Trinajstić information content (AvgIpc) is 2.97. The number of methoxy groups -OCH3 is 1. The van der Waals surface area contributed by atoms with Crippen LogP contribution in [0.25, 0.3) is 0 Å². The van der Waals surface area contributed by atoms with E-state index in [1.807, 2.05) is 17.0 Å². The molecule has 0 spiro atoms. The smallest absolute Gasteiger partial charge is 0.335 e. The molecule has 0 saturated carbocycles. The first kappa shape index (κ1) is 16.9. The van der Waals surface area contributed by atoms with Crippen molar-refractivity contribution in [1.82, 2.24) is 9.80 Å². The number of ether oxygens (including phenoxy) is 2. The highest BCUT2D eigenvalue weighted by atomic mass is 16.5. The Balaban J connectivity index is 1.63. The highest BCUT2D eigenvalue weighted by Gasteiger charge is 2.42. The van der Waals surface area contributed by atoms with Crippen molar-refractivity contribution < 1.29 is 24.2 Å². The standard InChI is InChI=1S/C17H22N2O5/c1-23-7-6-19-14-9-18(10-15(14)24-11-16(19)20)8-12-2-4-13(5-3-12)17(21)22/h2-5,14-15H,6-11H2,1H3,(H,21,22)/t14-,15-/m0/s1. The first-order chi connectivity index (χ1) is 11.6. The molecule has 2 atom stereocenters. The van der Waals surface area contributed by atoms with Gasteiger partial charge in [-0.3, -0.25) is 9.69 Å². The zero-order valence-corrected chi connectivity index (χ0v) is 13.7. The van der Waals surface area contributed by atoms with Gasteiger partial charge in [0.05, 0.1) is 24.3 Å². The predicted octanol–water partition coefficient (Wildman–Crippen LogP) is 0.443. The van der Waals surface area contributed by atoms with E-state index in [1.54, 1.807) is 19.2 Å². The van der Waals surface area contributed by atoms with E-state index in [2.05, 4.69) is 4.90 Å². The van der Waals surface area contributed by atoms with E-state index >= 15 is 0 Å². The van der Waals surface area contributed by atoms with Crippen molar-refractivity contribution in [3.05, 3.63) is 35.4 Å². The molecule has 7 nitrogen and oxygen atoms in total. The molecule has 2 aliphatic heterocycles. The van der Waals surface area contributed by atoms with Gasteiger partial charge in [-0.25, -0.2) is 4.79 Å². The molecule has 24 heavy (non-hydrogen) atoms. The Hall–Kier alpha value is -1.96. The third-order valence-electron chi connectivity index (χ3n) is 4.60. The summed E-state index contributed by atoms with van der Waals surface area (Å²) in [6.07, 6.45) is 0.0258. The number of hydrogen-bond donors (Lipinski definition) is 1. The summed E-state index contributed by atoms with van der Waals surface area (Å²) < 4.78 is 10.8. The van der Waals surface area contributed by atoms with Crippen molar-refractivity contribution in [3.8, 4) is 0 Å². The number of amides is 1. The molecule has 130 valence electrons. The van der Waals surface area contributed by atoms with Gasteiger partial charge in [0.1, 0.15) is 6.61 Å². The van der Waals surface area contributed by atoms with Crippen LogP contribution < -0.4 is 0 Å². The second-order valence-corrected chi connectivity index (χ2v) is 6.19. The number of likely N-dealkylation sites (tertiary alicyclic amines) is 1. The molecule has 2 saturated heterocycles. The Morgan fingerprint density at radius 3 is 2.75 bits per heavy atom. The SMILES string of the molecule is COCCN1C(=O)CO[C@H]2CN(Cc3ccc(C(=O)O)cc3)C[C@@H]21. The van der Waals surface area contributed by atoms with Crippen molar-refractivity contribution in [1.29, 1.82) is 0 Å². The summed E-state index contributed by atoms with van der Waals surface area (Å²) in [4.78, 5) is 27.1. The van der Waals surface area contributed by atoms with Crippen molar-refractivity contribution in [2.24, 2.45) is 0 Å². The maximum absolute atomic E-state index is 12.1. The van der Waals surface area contributed by atoms with Crippen molar-refractivity contribution in [2.75, 3.05) is 40.0 Å². The van der Waals surface area contributed by atoms with E-state index in [-0.39, 0.29) is 30.2 Å². The number of carboxylic acids is 1. The van der Waals surface area contributed by atoms with Crippen molar-refractivity contribution in [3.63, 3.8) is 0 Å². The first-order valence-corrected chi connectivity index (χ1v) is 8.03. The van der Waals surface area contributed by atoms with Gasteiger partial charge in [-0.1, -0.05) is 12.1 Å². The molecule has 2 aliphatic rings. The minimum atomic E-state index is -0.922. The summed E-state index contributed by atoms with van der Waals surface area (Å²) in [7, 11) is 1.63. The predicted molar refractivity (Wildman–Crippen MR) is 85.8 cm³/mol. The molecule has 2 fully saturated rings. The monoisotopic (exact) mass is 334 g/mol. The van der Waals surface area contributed by atoms with Crippen LogP contribution in [0.5, 0.6) is 0 Å². The molecule has 3 rings (SSSR count). The van der Waals surface area contributed by atoms with Crippen LogP contribution in [0.4, 0.5) is 0 Å². The maximum Gasteiger partial charge on any atom is 0.335 e. The van der Waals surface area contributed by atoms with E-state index in [0.29, 0.717) is 19.7 Å². The summed E-state index contributed by atoms with van der Waals surface area (Å²) in [6, 6.07) is 6.96. The second-order valence-electron chi connectivity index (χ2n) is 6.19. The van der Waals surface area contributed by atoms with Gasteiger partial charge in [0.15, 0.2) is 0 Å². The summed E-state index contributed by atoms with van der Waals surface area (Å²) in [5, 5.41) is 8.95. The molecule has 7 heteroatoms. The third kappa shape index (κ3) is 3.58. The lowest BCUT2D eigenvalue weighted by Gasteiger charge is -2.36. The topological polar surface area (TPSA) is 79.3 Å². The molecule has 1 aromatic rings. The van der Waals surface area contributed by atoms with Gasteiger partial charge in [0.25, 0.3) is 0 Å². The molecule has 0 bridgehead atoms. The molecule has 1 amide bonds. The molecule has 0 unspecified atom stereocenters. The van der Waals surface area contributed by atoms with Crippen LogP contribution in [0.15, 0.2) is 24.3 Å². The van der Waals surface area contributed by atoms with Gasteiger partial charge in [0, 0.05) is 33.3 Å². The van der Waals surface area contributed by atoms with Gasteiger partial charge in [-0.2, -0.15) is 0 Å². The fraction of sp³-hybridized carbons (Fsp3) is 0.529. The first-order valence-electron chi connectivity index (χ1n) is 8.03. The molecule has 0 aliphatic carbocycles. The lowest BCUT2D eigenvalue weighted by molar-refractivity contribution is -0.153. The lowest BCUT2D eigenvalue weighted by Crippen LogP contribution is -2.54. The lowest BCUT2D eigenvalue weighted by atomic mass is 10.1. The number of morpholine rings is 1. The Bertz CT molecular complexity index is 604. The third-order valence-corrected chi connectivity index (χ3v) is 4.60. The molecule has 1 aromatic carbocycles. The van der Waals surface area contributed by atoms with Crippen LogP contribution in [-0.2, 0) is 20.8 Å². The van der Waals surface area contributed by atoms with E-state index < -0.39 is 5.97 Å². The zero-order chi connectivity index (χ0) is 17.1. The Morgan fingerprint density at radius 1 is 1.33 bits per heavy atom. The van der Waals surface area contributed by atoms with E-state index in [0.717, 1.165) is 18.7 Å². The van der Waals surface area contributed by atoms with Crippen LogP contribution in [0.2, 0.25) is 0 Å². The number of aromatic carboxylic acids is 1. The van der Waals surface area contributed by atoms with Crippen LogP contribution in [0, 0.1) is 0 Å². The van der Waals surface area contributed by atoms with E-state index in [4.69, 9.17) is 14.6 Å². The van der Waals surface area contributed by atoms with Gasteiger partial charge in [0.2, 0.25) is 5.91 Å². The fourth-order valence-electron chi connectivity index (χ4n) is 3.36. The highest BCUT2D eigenvalue weighted by Crippen LogP contribution is 2.24. The van der Waals surface area contributed by atoms with Gasteiger partial charge in [-0.15, -0.1) is 0 Å². The normalized spacial score (nSPS) is 24.2. The summed E-state index contributed by atoms with van der Waals surface area (Å²) in [6.45, 7) is 3.46. The number of rotatable bonds is 6. The molecule has 1 N–H and O–H groups in total. The quantitative estimate of drug-likeness (QED) is 0.813. The zero-order valence-electron chi connectivity index (χ0n) is 13.7. The summed E-state index contributed by atoms with van der Waals surface area (Å²) >= 11 is 0. The number of carboxylic acid groups (broad SMARTS) is 1. The van der Waals surface area contributed by atoms with Crippen LogP contribution in [-0.4, -0.2) is 78.9 Å². The second kappa shape index (κ2) is 7.29. The largest absolute Gasteiger partial charge is 0.478 e. The van der Waals surface area contributed by atoms with Gasteiger partial charge < -0.3 is 19.5 Å². The Labute approximate surface area is 140 Å². The van der Waals surface area contributed by atoms with E-state index in [1.165, 1.54) is 0 Å². The van der Waals surface area contributed by atoms with Crippen LogP contribution in [0.3, 0.4) is 0 Å². The minimum absolute atomic E-state index is 0.0148. The molecular formula is C17H22N2O5. The van der Waals surface area contributed by atoms with Gasteiger partial charge >= 0.3 is 5.97 Å². The number of fused-ring (bicyclic) bond motifs is 1. The van der Waals surface area contributed by atoms with Crippen molar-refractivity contribution in [2.45, 2.75) is 18.7 Å². The molecule has 2 heterocycles. The molecular weight excluding hydrogens is 312 g/mol. The summed E-state index contributed by atoms with van der Waals surface area (Å²) in [5.41, 5.74) is 1.34. The minimum Gasteiger partial charge on any atom is -0.478 e. The van der Waals surface area contributed by atoms with Crippen molar-refractivity contribution >= 4 is 11.9 Å². The van der Waals surface area contributed by atoms with Gasteiger partial charge in [-0.05, 0) is 17.7 Å². The maximum atomic E-state index is 12.1. The fourth-order valence-corrected chi connectivity index (χ4v) is 3.36. The number of benzene rings is 1. The number of carbonyl (C=O) groups excluding carboxylic acids is 1. The average molecular weight is 334 g/mol. The van der Waals surface area contributed by atoms with Crippen LogP contribution >= 0.6 is 0 Å².